The van der Waals surface area contributed by atoms with Crippen molar-refractivity contribution in [2.24, 2.45) is 0 Å². The molecule has 5 heteroatoms. The summed E-state index contributed by atoms with van der Waals surface area (Å²) in [7, 11) is 0. The van der Waals surface area contributed by atoms with Gasteiger partial charge < -0.3 is 0 Å². The lowest BCUT2D eigenvalue weighted by Crippen LogP contribution is -1.87. The fourth-order valence-electron chi connectivity index (χ4n) is 1.10. The number of nitrogens with zero attached hydrogens (tertiary/aromatic N) is 2. The van der Waals surface area contributed by atoms with E-state index in [1.165, 1.54) is 0 Å². The van der Waals surface area contributed by atoms with Gasteiger partial charge in [-0.1, -0.05) is 0 Å². The molecule has 2 aromatic rings. The van der Waals surface area contributed by atoms with E-state index in [1.54, 1.807) is 22.7 Å². The summed E-state index contributed by atoms with van der Waals surface area (Å²) in [6.45, 7) is 2.01. The largest absolute Gasteiger partial charge is 0.246 e. The number of aryl methyl sites for hydroxylation is 1. The van der Waals surface area contributed by atoms with Gasteiger partial charge in [0.2, 0.25) is 0 Å². The lowest BCUT2D eigenvalue weighted by atomic mass is 10.4. The number of alkyl halides is 1. The monoisotopic (exact) mass is 244 g/mol. The van der Waals surface area contributed by atoms with Crippen molar-refractivity contribution in [3.05, 3.63) is 32.2 Å². The molecule has 74 valence electrons. The zero-order valence-electron chi connectivity index (χ0n) is 7.66. The minimum Gasteiger partial charge on any atom is -0.246 e. The van der Waals surface area contributed by atoms with Crippen molar-refractivity contribution in [2.45, 2.75) is 19.2 Å². The van der Waals surface area contributed by atoms with Crippen LogP contribution in [0.3, 0.4) is 0 Å². The van der Waals surface area contributed by atoms with Gasteiger partial charge in [0.1, 0.15) is 0 Å². The zero-order valence-corrected chi connectivity index (χ0v) is 10.0. The van der Waals surface area contributed by atoms with Gasteiger partial charge in [-0.25, -0.2) is 9.97 Å². The fourth-order valence-corrected chi connectivity index (χ4v) is 3.00. The summed E-state index contributed by atoms with van der Waals surface area (Å²) in [6, 6.07) is 0. The molecule has 2 aromatic heterocycles. The van der Waals surface area contributed by atoms with E-state index in [0.717, 1.165) is 27.8 Å². The lowest BCUT2D eigenvalue weighted by Gasteiger charge is -1.89. The van der Waals surface area contributed by atoms with Crippen LogP contribution in [0.5, 0.6) is 0 Å². The maximum absolute atomic E-state index is 5.68. The molecule has 0 amide bonds. The number of aromatic nitrogens is 2. The Labute approximate surface area is 95.6 Å². The first-order valence-corrected chi connectivity index (χ1v) is 6.47. The van der Waals surface area contributed by atoms with Crippen LogP contribution in [0, 0.1) is 6.92 Å². The minimum atomic E-state index is 0.493. The van der Waals surface area contributed by atoms with Gasteiger partial charge in [-0.2, -0.15) is 0 Å². The molecule has 0 aromatic carbocycles. The SMILES string of the molecule is Cc1csc(Cc2nc(CCl)cs2)n1. The third kappa shape index (κ3) is 2.32. The number of rotatable bonds is 3. The van der Waals surface area contributed by atoms with Gasteiger partial charge in [0.05, 0.1) is 28.0 Å². The molecule has 0 unspecified atom stereocenters. The first kappa shape index (κ1) is 10.1. The van der Waals surface area contributed by atoms with Crippen molar-refractivity contribution in [3.8, 4) is 0 Å². The maximum Gasteiger partial charge on any atom is 0.0997 e. The molecule has 0 radical (unpaired) electrons. The number of thiazole rings is 2. The highest BCUT2D eigenvalue weighted by Crippen LogP contribution is 2.18. The van der Waals surface area contributed by atoms with E-state index < -0.39 is 0 Å². The Morgan fingerprint density at radius 1 is 1.21 bits per heavy atom. The van der Waals surface area contributed by atoms with E-state index in [1.807, 2.05) is 12.3 Å². The maximum atomic E-state index is 5.68. The second kappa shape index (κ2) is 4.38. The Hall–Kier alpha value is -0.450. The molecule has 0 spiro atoms. The lowest BCUT2D eigenvalue weighted by molar-refractivity contribution is 1.05. The summed E-state index contributed by atoms with van der Waals surface area (Å²) in [5.74, 6) is 0.493. The van der Waals surface area contributed by atoms with E-state index in [0.29, 0.717) is 5.88 Å². The molecule has 2 rings (SSSR count). The van der Waals surface area contributed by atoms with Crippen LogP contribution < -0.4 is 0 Å². The summed E-state index contributed by atoms with van der Waals surface area (Å²) in [6.07, 6.45) is 0.833. The number of hydrogen-bond donors (Lipinski definition) is 0. The standard InChI is InChI=1S/C9H9ClN2S2/c1-6-4-13-8(11-6)2-9-12-7(3-10)5-14-9/h4-5H,2-3H2,1H3. The van der Waals surface area contributed by atoms with Gasteiger partial charge >= 0.3 is 0 Å². The smallest absolute Gasteiger partial charge is 0.0997 e. The second-order valence-corrected chi connectivity index (χ2v) is 5.08. The first-order valence-electron chi connectivity index (χ1n) is 4.18. The number of hydrogen-bond acceptors (Lipinski definition) is 4. The Morgan fingerprint density at radius 2 is 1.93 bits per heavy atom. The molecule has 0 N–H and O–H groups in total. The normalized spacial score (nSPS) is 10.7. The van der Waals surface area contributed by atoms with Gasteiger partial charge in [0, 0.05) is 16.5 Å². The van der Waals surface area contributed by atoms with E-state index in [-0.39, 0.29) is 0 Å². The summed E-state index contributed by atoms with van der Waals surface area (Å²) in [5, 5.41) is 6.28. The molecule has 14 heavy (non-hydrogen) atoms. The molecule has 0 saturated carbocycles. The van der Waals surface area contributed by atoms with Crippen molar-refractivity contribution in [1.82, 2.24) is 9.97 Å². The quantitative estimate of drug-likeness (QED) is 0.775. The van der Waals surface area contributed by atoms with Crippen molar-refractivity contribution >= 4 is 34.3 Å². The van der Waals surface area contributed by atoms with Crippen molar-refractivity contribution in [1.29, 1.82) is 0 Å². The average molecular weight is 245 g/mol. The summed E-state index contributed by atoms with van der Waals surface area (Å²) in [4.78, 5) is 8.78. The third-order valence-corrected chi connectivity index (χ3v) is 3.84. The van der Waals surface area contributed by atoms with Crippen LogP contribution in [-0.4, -0.2) is 9.97 Å². The zero-order chi connectivity index (χ0) is 9.97. The Bertz CT molecular complexity index is 422. The van der Waals surface area contributed by atoms with Gasteiger partial charge in [0.15, 0.2) is 0 Å². The van der Waals surface area contributed by atoms with E-state index in [2.05, 4.69) is 15.3 Å². The van der Waals surface area contributed by atoms with Crippen LogP contribution in [0.1, 0.15) is 21.4 Å². The molecule has 0 aliphatic rings. The minimum absolute atomic E-state index is 0.493. The Kier molecular flexibility index (Phi) is 3.15. The van der Waals surface area contributed by atoms with Crippen LogP contribution in [-0.2, 0) is 12.3 Å². The molecule has 0 bridgehead atoms. The molecular weight excluding hydrogens is 236 g/mol. The van der Waals surface area contributed by atoms with Crippen LogP contribution in [0.25, 0.3) is 0 Å². The van der Waals surface area contributed by atoms with Crippen molar-refractivity contribution in [3.63, 3.8) is 0 Å². The topological polar surface area (TPSA) is 25.8 Å². The molecule has 0 aliphatic heterocycles. The summed E-state index contributed by atoms with van der Waals surface area (Å²) < 4.78 is 0. The highest BCUT2D eigenvalue weighted by molar-refractivity contribution is 7.11. The first-order chi connectivity index (χ1) is 6.78. The van der Waals surface area contributed by atoms with E-state index in [4.69, 9.17) is 11.6 Å². The molecule has 0 atom stereocenters. The van der Waals surface area contributed by atoms with Crippen LogP contribution in [0.15, 0.2) is 10.8 Å². The molecule has 2 heterocycles. The average Bonchev–Trinajstić information content (AvgIpc) is 2.76. The Balaban J connectivity index is 2.10. The number of halogens is 1. The second-order valence-electron chi connectivity index (χ2n) is 2.93. The predicted molar refractivity (Wildman–Crippen MR) is 61.3 cm³/mol. The molecule has 0 aliphatic carbocycles. The molecular formula is C9H9ClN2S2. The van der Waals surface area contributed by atoms with Crippen LogP contribution >= 0.6 is 34.3 Å². The van der Waals surface area contributed by atoms with Gasteiger partial charge in [-0.05, 0) is 6.92 Å². The summed E-state index contributed by atoms with van der Waals surface area (Å²) >= 11 is 9.01. The van der Waals surface area contributed by atoms with Crippen LogP contribution in [0.2, 0.25) is 0 Å². The Morgan fingerprint density at radius 3 is 2.50 bits per heavy atom. The van der Waals surface area contributed by atoms with Gasteiger partial charge in [-0.15, -0.1) is 34.3 Å². The predicted octanol–water partition coefficient (Wildman–Crippen LogP) is 3.24. The molecule has 0 saturated heterocycles. The van der Waals surface area contributed by atoms with E-state index >= 15 is 0 Å². The highest BCUT2D eigenvalue weighted by Gasteiger charge is 2.05. The molecule has 2 nitrogen and oxygen atoms in total. The summed E-state index contributed by atoms with van der Waals surface area (Å²) in [5.41, 5.74) is 2.04. The molecule has 0 fully saturated rings. The third-order valence-electron chi connectivity index (χ3n) is 1.71. The van der Waals surface area contributed by atoms with Crippen LogP contribution in [0.4, 0.5) is 0 Å². The van der Waals surface area contributed by atoms with Crippen molar-refractivity contribution < 1.29 is 0 Å². The fraction of sp³-hybridized carbons (Fsp3) is 0.333. The van der Waals surface area contributed by atoms with Crippen molar-refractivity contribution in [2.75, 3.05) is 0 Å². The van der Waals surface area contributed by atoms with Gasteiger partial charge in [0.25, 0.3) is 0 Å². The van der Waals surface area contributed by atoms with Gasteiger partial charge in [-0.3, -0.25) is 0 Å². The highest BCUT2D eigenvalue weighted by atomic mass is 35.5. The van der Waals surface area contributed by atoms with E-state index in [9.17, 15) is 0 Å².